The number of carbonyl (C=O) groups is 1. The molecular formula is C22H22N4OS2. The van der Waals surface area contributed by atoms with Crippen molar-refractivity contribution in [3.8, 4) is 6.07 Å². The normalized spacial score (nSPS) is 10.5. The first-order valence-electron chi connectivity index (χ1n) is 9.49. The van der Waals surface area contributed by atoms with Crippen LogP contribution in [0.2, 0.25) is 0 Å². The van der Waals surface area contributed by atoms with E-state index in [2.05, 4.69) is 40.6 Å². The summed E-state index contributed by atoms with van der Waals surface area (Å²) >= 11 is 2.92. The van der Waals surface area contributed by atoms with E-state index < -0.39 is 0 Å². The zero-order chi connectivity index (χ0) is 20.5. The number of nitriles is 1. The fourth-order valence-electron chi connectivity index (χ4n) is 2.69. The average molecular weight is 423 g/mol. The van der Waals surface area contributed by atoms with Crippen LogP contribution in [0.5, 0.6) is 0 Å². The number of benzene rings is 2. The molecule has 2 aromatic carbocycles. The van der Waals surface area contributed by atoms with Crippen molar-refractivity contribution < 1.29 is 4.79 Å². The number of unbranched alkanes of at least 4 members (excludes halogenated alkanes) is 1. The summed E-state index contributed by atoms with van der Waals surface area (Å²) in [6.07, 6.45) is 3.76. The van der Waals surface area contributed by atoms with Crippen LogP contribution < -0.4 is 5.32 Å². The van der Waals surface area contributed by atoms with Crippen LogP contribution in [0.25, 0.3) is 0 Å². The number of nitrogens with zero attached hydrogens (tertiary/aromatic N) is 3. The number of amides is 1. The fraction of sp³-hybridized carbons (Fsp3) is 0.273. The largest absolute Gasteiger partial charge is 0.300 e. The lowest BCUT2D eigenvalue weighted by molar-refractivity contribution is -0.115. The van der Waals surface area contributed by atoms with Gasteiger partial charge in [-0.3, -0.25) is 4.79 Å². The Bertz CT molecular complexity index is 975. The minimum absolute atomic E-state index is 0.0916. The van der Waals surface area contributed by atoms with Gasteiger partial charge in [0, 0.05) is 5.75 Å². The Balaban J connectivity index is 1.47. The molecule has 5 nitrogen and oxygen atoms in total. The van der Waals surface area contributed by atoms with Gasteiger partial charge >= 0.3 is 0 Å². The molecule has 1 aromatic heterocycles. The van der Waals surface area contributed by atoms with Crippen molar-refractivity contribution in [2.24, 2.45) is 0 Å². The predicted octanol–water partition coefficient (Wildman–Crippen LogP) is 5.23. The molecule has 0 aliphatic carbocycles. The maximum Gasteiger partial charge on any atom is 0.230 e. The molecule has 0 spiro atoms. The molecule has 29 heavy (non-hydrogen) atoms. The fourth-order valence-corrected chi connectivity index (χ4v) is 4.42. The van der Waals surface area contributed by atoms with Gasteiger partial charge in [-0.25, -0.2) is 0 Å². The molecule has 3 aromatic rings. The molecule has 0 saturated carbocycles. The number of carbonyl (C=O) groups excluding carboxylic acids is 1. The summed E-state index contributed by atoms with van der Waals surface area (Å²) < 4.78 is 0.796. The molecular weight excluding hydrogens is 400 g/mol. The quantitative estimate of drug-likeness (QED) is 0.377. The summed E-state index contributed by atoms with van der Waals surface area (Å²) in [4.78, 5) is 12.3. The lowest BCUT2D eigenvalue weighted by Crippen LogP contribution is -2.14. The maximum absolute atomic E-state index is 12.3. The second-order valence-electron chi connectivity index (χ2n) is 6.62. The Morgan fingerprint density at radius 3 is 2.45 bits per heavy atom. The smallest absolute Gasteiger partial charge is 0.230 e. The van der Waals surface area contributed by atoms with Gasteiger partial charge in [0.05, 0.1) is 18.1 Å². The molecule has 7 heteroatoms. The zero-order valence-corrected chi connectivity index (χ0v) is 17.9. The van der Waals surface area contributed by atoms with Crippen molar-refractivity contribution in [1.82, 2.24) is 10.2 Å². The van der Waals surface area contributed by atoms with Crippen LogP contribution in [0, 0.1) is 11.3 Å². The first-order valence-corrected chi connectivity index (χ1v) is 11.3. The molecule has 1 heterocycles. The molecule has 0 aliphatic heterocycles. The number of rotatable bonds is 9. The van der Waals surface area contributed by atoms with E-state index in [0.717, 1.165) is 27.6 Å². The highest BCUT2D eigenvalue weighted by Gasteiger charge is 2.10. The van der Waals surface area contributed by atoms with Gasteiger partial charge in [-0.2, -0.15) is 5.26 Å². The van der Waals surface area contributed by atoms with Gasteiger partial charge in [-0.05, 0) is 41.7 Å². The number of hydrogen-bond donors (Lipinski definition) is 1. The summed E-state index contributed by atoms with van der Waals surface area (Å²) in [5.74, 6) is 0.643. The molecule has 0 bridgehead atoms. The van der Waals surface area contributed by atoms with Crippen LogP contribution >= 0.6 is 23.1 Å². The van der Waals surface area contributed by atoms with E-state index >= 15 is 0 Å². The van der Waals surface area contributed by atoms with Crippen LogP contribution in [-0.4, -0.2) is 16.1 Å². The highest BCUT2D eigenvalue weighted by atomic mass is 32.2. The Kier molecular flexibility index (Phi) is 7.79. The van der Waals surface area contributed by atoms with Crippen molar-refractivity contribution >= 4 is 34.1 Å². The van der Waals surface area contributed by atoms with Crippen LogP contribution in [0.15, 0.2) is 52.9 Å². The number of thioether (sulfide) groups is 1. The predicted molar refractivity (Wildman–Crippen MR) is 118 cm³/mol. The van der Waals surface area contributed by atoms with Crippen molar-refractivity contribution in [1.29, 1.82) is 5.26 Å². The number of hydrogen-bond acceptors (Lipinski definition) is 6. The third-order valence-corrected chi connectivity index (χ3v) is 6.35. The molecule has 0 unspecified atom stereocenters. The van der Waals surface area contributed by atoms with Crippen molar-refractivity contribution in [3.63, 3.8) is 0 Å². The number of aryl methyl sites for hydroxylation is 1. The Hall–Kier alpha value is -2.69. The standard InChI is InChI=1S/C22H22N4OS2/c1-2-3-4-16-5-7-17(8-6-16)13-20(27)24-21-25-26-22(29-21)28-15-19-11-9-18(14-23)10-12-19/h5-12H,2-4,13,15H2,1H3,(H,24,25,27). The minimum Gasteiger partial charge on any atom is -0.300 e. The Labute approximate surface area is 179 Å². The van der Waals surface area contributed by atoms with Gasteiger partial charge in [-0.1, -0.05) is 72.8 Å². The van der Waals surface area contributed by atoms with E-state index in [1.165, 1.54) is 29.7 Å². The molecule has 0 atom stereocenters. The van der Waals surface area contributed by atoms with Gasteiger partial charge in [0.25, 0.3) is 0 Å². The van der Waals surface area contributed by atoms with Gasteiger partial charge in [-0.15, -0.1) is 10.2 Å². The van der Waals surface area contributed by atoms with E-state index in [-0.39, 0.29) is 5.91 Å². The van der Waals surface area contributed by atoms with E-state index in [0.29, 0.717) is 17.1 Å². The van der Waals surface area contributed by atoms with E-state index in [1.807, 2.05) is 24.3 Å². The first kappa shape index (κ1) is 21.0. The van der Waals surface area contributed by atoms with Crippen molar-refractivity contribution in [2.75, 3.05) is 5.32 Å². The zero-order valence-electron chi connectivity index (χ0n) is 16.2. The molecule has 1 N–H and O–H groups in total. The van der Waals surface area contributed by atoms with Crippen LogP contribution in [-0.2, 0) is 23.4 Å². The van der Waals surface area contributed by atoms with Crippen molar-refractivity contribution in [3.05, 3.63) is 70.8 Å². The molecule has 1 amide bonds. The summed E-state index contributed by atoms with van der Waals surface area (Å²) in [6.45, 7) is 2.18. The topological polar surface area (TPSA) is 78.7 Å². The Morgan fingerprint density at radius 1 is 1.07 bits per heavy atom. The van der Waals surface area contributed by atoms with Gasteiger partial charge in [0.15, 0.2) is 4.34 Å². The third kappa shape index (κ3) is 6.70. The molecule has 3 rings (SSSR count). The number of nitrogens with one attached hydrogen (secondary N) is 1. The lowest BCUT2D eigenvalue weighted by Gasteiger charge is -2.04. The third-order valence-electron chi connectivity index (χ3n) is 4.30. The van der Waals surface area contributed by atoms with Gasteiger partial charge in [0.1, 0.15) is 0 Å². The highest BCUT2D eigenvalue weighted by Crippen LogP contribution is 2.28. The van der Waals surface area contributed by atoms with E-state index in [1.54, 1.807) is 23.9 Å². The number of aromatic nitrogens is 2. The molecule has 148 valence electrons. The Morgan fingerprint density at radius 2 is 1.76 bits per heavy atom. The highest BCUT2D eigenvalue weighted by molar-refractivity contribution is 8.00. The monoisotopic (exact) mass is 422 g/mol. The lowest BCUT2D eigenvalue weighted by atomic mass is 10.0. The molecule has 0 radical (unpaired) electrons. The van der Waals surface area contributed by atoms with Crippen molar-refractivity contribution in [2.45, 2.75) is 42.7 Å². The molecule has 0 saturated heterocycles. The van der Waals surface area contributed by atoms with E-state index in [4.69, 9.17) is 5.26 Å². The summed E-state index contributed by atoms with van der Waals surface area (Å²) in [7, 11) is 0. The summed E-state index contributed by atoms with van der Waals surface area (Å²) in [6, 6.07) is 17.8. The van der Waals surface area contributed by atoms with Gasteiger partial charge < -0.3 is 5.32 Å². The average Bonchev–Trinajstić information content (AvgIpc) is 3.19. The van der Waals surface area contributed by atoms with E-state index in [9.17, 15) is 4.79 Å². The summed E-state index contributed by atoms with van der Waals surface area (Å²) in [5, 5.41) is 20.4. The summed E-state index contributed by atoms with van der Waals surface area (Å²) in [5.41, 5.74) is 4.05. The van der Waals surface area contributed by atoms with Gasteiger partial charge in [0.2, 0.25) is 11.0 Å². The minimum atomic E-state index is -0.0916. The van der Waals surface area contributed by atoms with Crippen LogP contribution in [0.4, 0.5) is 5.13 Å². The number of anilines is 1. The van der Waals surface area contributed by atoms with Crippen LogP contribution in [0.3, 0.4) is 0 Å². The second kappa shape index (κ2) is 10.7. The molecule has 0 fully saturated rings. The maximum atomic E-state index is 12.3. The second-order valence-corrected chi connectivity index (χ2v) is 8.82. The molecule has 0 aliphatic rings. The van der Waals surface area contributed by atoms with Crippen LogP contribution in [0.1, 0.15) is 42.0 Å². The SMILES string of the molecule is CCCCc1ccc(CC(=O)Nc2nnc(SCc3ccc(C#N)cc3)s2)cc1. The first-order chi connectivity index (χ1) is 14.2.